The highest BCUT2D eigenvalue weighted by Gasteiger charge is 2.19. The van der Waals surface area contributed by atoms with Crippen LogP contribution in [0.15, 0.2) is 18.2 Å². The zero-order valence-corrected chi connectivity index (χ0v) is 8.45. The average molecular weight is 231 g/mol. The fourth-order valence-corrected chi connectivity index (χ4v) is 1.31. The minimum Gasteiger partial charge on any atom is -0.465 e. The van der Waals surface area contributed by atoms with Crippen molar-refractivity contribution in [2.24, 2.45) is 0 Å². The highest BCUT2D eigenvalue weighted by molar-refractivity contribution is 5.64. The molecule has 0 radical (unpaired) electrons. The van der Waals surface area contributed by atoms with Crippen LogP contribution in [0.2, 0.25) is 0 Å². The lowest BCUT2D eigenvalue weighted by atomic mass is 10.0. The van der Waals surface area contributed by atoms with Crippen molar-refractivity contribution in [1.29, 1.82) is 0 Å². The van der Waals surface area contributed by atoms with Gasteiger partial charge in [-0.05, 0) is 24.6 Å². The number of amides is 1. The molecular weight excluding hydrogens is 220 g/mol. The molecule has 0 bridgehead atoms. The molecule has 0 aliphatic rings. The molecule has 16 heavy (non-hydrogen) atoms. The van der Waals surface area contributed by atoms with Crippen molar-refractivity contribution in [3.63, 3.8) is 0 Å². The molecule has 3 N–H and O–H groups in total. The van der Waals surface area contributed by atoms with E-state index in [0.29, 0.717) is 6.07 Å². The number of benzene rings is 1. The third-order valence-corrected chi connectivity index (χ3v) is 2.05. The van der Waals surface area contributed by atoms with Crippen LogP contribution in [0.4, 0.5) is 13.6 Å². The van der Waals surface area contributed by atoms with Crippen LogP contribution < -0.4 is 5.32 Å². The molecule has 0 saturated heterocycles. The summed E-state index contributed by atoms with van der Waals surface area (Å²) in [5.74, 6) is -1.65. The first-order valence-corrected chi connectivity index (χ1v) is 4.53. The quantitative estimate of drug-likeness (QED) is 0.740. The maximum Gasteiger partial charge on any atom is 0.404 e. The van der Waals surface area contributed by atoms with E-state index >= 15 is 0 Å². The lowest BCUT2D eigenvalue weighted by Crippen LogP contribution is -2.36. The molecule has 88 valence electrons. The molecule has 0 aromatic heterocycles. The molecule has 0 aliphatic carbocycles. The van der Waals surface area contributed by atoms with Crippen LogP contribution in [0, 0.1) is 11.6 Å². The first-order chi connectivity index (χ1) is 7.40. The average Bonchev–Trinajstić information content (AvgIpc) is 2.13. The molecule has 1 aromatic rings. The number of aliphatic hydroxyl groups excluding tert-OH is 1. The number of aliphatic hydroxyl groups is 1. The van der Waals surface area contributed by atoms with E-state index in [0.717, 1.165) is 12.1 Å². The number of rotatable bonds is 3. The van der Waals surface area contributed by atoms with Crippen molar-refractivity contribution in [2.45, 2.75) is 19.1 Å². The monoisotopic (exact) mass is 231 g/mol. The molecule has 1 amide bonds. The van der Waals surface area contributed by atoms with Gasteiger partial charge in [0, 0.05) is 6.07 Å². The lowest BCUT2D eigenvalue weighted by molar-refractivity contribution is 0.126. The van der Waals surface area contributed by atoms with Crippen molar-refractivity contribution >= 4 is 6.09 Å². The maximum atomic E-state index is 12.8. The molecule has 0 spiro atoms. The summed E-state index contributed by atoms with van der Waals surface area (Å²) in [7, 11) is 0. The Bertz CT molecular complexity index is 377. The fraction of sp³-hybridized carbons (Fsp3) is 0.300. The van der Waals surface area contributed by atoms with E-state index in [4.69, 9.17) is 5.11 Å². The molecule has 2 atom stereocenters. The Balaban J connectivity index is 2.86. The number of nitrogens with one attached hydrogen (secondary N) is 1. The summed E-state index contributed by atoms with van der Waals surface area (Å²) in [5, 5.41) is 20.0. The Morgan fingerprint density at radius 3 is 2.25 bits per heavy atom. The van der Waals surface area contributed by atoms with E-state index in [1.807, 2.05) is 5.32 Å². The summed E-state index contributed by atoms with van der Waals surface area (Å²) in [6, 6.07) is 1.71. The van der Waals surface area contributed by atoms with Gasteiger partial charge in [-0.2, -0.15) is 0 Å². The van der Waals surface area contributed by atoms with E-state index in [-0.39, 0.29) is 5.56 Å². The van der Waals surface area contributed by atoms with Crippen LogP contribution in [0.5, 0.6) is 0 Å². The largest absolute Gasteiger partial charge is 0.465 e. The van der Waals surface area contributed by atoms with Gasteiger partial charge in [0.15, 0.2) is 0 Å². The standard InChI is InChI=1S/C10H11F2NO3/c1-5(13-10(15)16)9(14)6-2-7(11)4-8(12)3-6/h2-5,9,13-14H,1H3,(H,15,16)/t5-,9+/m0/s1. The Morgan fingerprint density at radius 2 is 1.81 bits per heavy atom. The van der Waals surface area contributed by atoms with Crippen LogP contribution in [-0.4, -0.2) is 22.3 Å². The molecule has 1 rings (SSSR count). The second kappa shape index (κ2) is 4.89. The predicted octanol–water partition coefficient (Wildman–Crippen LogP) is 1.65. The van der Waals surface area contributed by atoms with Gasteiger partial charge in [-0.1, -0.05) is 0 Å². The number of carbonyl (C=O) groups is 1. The van der Waals surface area contributed by atoms with E-state index in [1.54, 1.807) is 0 Å². The highest BCUT2D eigenvalue weighted by Crippen LogP contribution is 2.19. The Labute approximate surface area is 90.5 Å². The van der Waals surface area contributed by atoms with Crippen molar-refractivity contribution in [2.75, 3.05) is 0 Å². The van der Waals surface area contributed by atoms with Gasteiger partial charge in [0.25, 0.3) is 0 Å². The van der Waals surface area contributed by atoms with Gasteiger partial charge in [0.2, 0.25) is 0 Å². The van der Waals surface area contributed by atoms with Crippen LogP contribution in [-0.2, 0) is 0 Å². The van der Waals surface area contributed by atoms with Crippen molar-refractivity contribution in [1.82, 2.24) is 5.32 Å². The first kappa shape index (κ1) is 12.4. The van der Waals surface area contributed by atoms with Gasteiger partial charge in [-0.3, -0.25) is 0 Å². The summed E-state index contributed by atoms with van der Waals surface area (Å²) in [6.45, 7) is 1.39. The Morgan fingerprint density at radius 1 is 1.31 bits per heavy atom. The number of halogens is 2. The van der Waals surface area contributed by atoms with Crippen LogP contribution >= 0.6 is 0 Å². The van der Waals surface area contributed by atoms with Gasteiger partial charge in [0.05, 0.1) is 12.1 Å². The van der Waals surface area contributed by atoms with Gasteiger partial charge < -0.3 is 15.5 Å². The van der Waals surface area contributed by atoms with E-state index < -0.39 is 29.9 Å². The summed E-state index contributed by atoms with van der Waals surface area (Å²) in [6.07, 6.45) is -2.62. The topological polar surface area (TPSA) is 69.6 Å². The molecule has 4 nitrogen and oxygen atoms in total. The van der Waals surface area contributed by atoms with Crippen molar-refractivity contribution in [3.05, 3.63) is 35.4 Å². The third-order valence-electron chi connectivity index (χ3n) is 2.05. The van der Waals surface area contributed by atoms with Gasteiger partial charge in [-0.25, -0.2) is 13.6 Å². The second-order valence-corrected chi connectivity index (χ2v) is 3.39. The van der Waals surface area contributed by atoms with Gasteiger partial charge in [0.1, 0.15) is 11.6 Å². The summed E-state index contributed by atoms with van der Waals surface area (Å²) < 4.78 is 25.7. The SMILES string of the molecule is C[C@H](NC(=O)O)[C@@H](O)c1cc(F)cc(F)c1. The van der Waals surface area contributed by atoms with Crippen molar-refractivity contribution < 1.29 is 23.8 Å². The minimum absolute atomic E-state index is 0.0150. The zero-order valence-electron chi connectivity index (χ0n) is 8.45. The Hall–Kier alpha value is -1.69. The van der Waals surface area contributed by atoms with Crippen molar-refractivity contribution in [3.8, 4) is 0 Å². The summed E-state index contributed by atoms with van der Waals surface area (Å²) in [5.41, 5.74) is -0.0150. The van der Waals surface area contributed by atoms with E-state index in [9.17, 15) is 18.7 Å². The summed E-state index contributed by atoms with van der Waals surface area (Å²) in [4.78, 5) is 10.3. The van der Waals surface area contributed by atoms with Crippen LogP contribution in [0.1, 0.15) is 18.6 Å². The molecule has 6 heteroatoms. The molecular formula is C10H11F2NO3. The highest BCUT2D eigenvalue weighted by atomic mass is 19.1. The third kappa shape index (κ3) is 3.16. The van der Waals surface area contributed by atoms with Crippen LogP contribution in [0.3, 0.4) is 0 Å². The second-order valence-electron chi connectivity index (χ2n) is 3.39. The predicted molar refractivity (Wildman–Crippen MR) is 51.9 cm³/mol. The molecule has 0 saturated carbocycles. The van der Waals surface area contributed by atoms with Crippen LogP contribution in [0.25, 0.3) is 0 Å². The molecule has 0 fully saturated rings. The fourth-order valence-electron chi connectivity index (χ4n) is 1.31. The molecule has 0 heterocycles. The molecule has 0 unspecified atom stereocenters. The molecule has 1 aromatic carbocycles. The normalized spacial score (nSPS) is 14.2. The number of hydrogen-bond donors (Lipinski definition) is 3. The Kier molecular flexibility index (Phi) is 3.78. The number of hydrogen-bond acceptors (Lipinski definition) is 2. The van der Waals surface area contributed by atoms with Gasteiger partial charge >= 0.3 is 6.09 Å². The smallest absolute Gasteiger partial charge is 0.404 e. The number of carboxylic acid groups (broad SMARTS) is 1. The molecule has 0 aliphatic heterocycles. The van der Waals surface area contributed by atoms with E-state index in [1.165, 1.54) is 6.92 Å². The minimum atomic E-state index is -1.32. The van der Waals surface area contributed by atoms with Gasteiger partial charge in [-0.15, -0.1) is 0 Å². The zero-order chi connectivity index (χ0) is 12.3. The first-order valence-electron chi connectivity index (χ1n) is 4.53. The van der Waals surface area contributed by atoms with E-state index in [2.05, 4.69) is 0 Å². The lowest BCUT2D eigenvalue weighted by Gasteiger charge is -2.19. The summed E-state index contributed by atoms with van der Waals surface area (Å²) >= 11 is 0. The maximum absolute atomic E-state index is 12.8.